The molecule has 1 fully saturated rings. The Morgan fingerprint density at radius 2 is 2.05 bits per heavy atom. The summed E-state index contributed by atoms with van der Waals surface area (Å²) in [4.78, 5) is 11.6. The van der Waals surface area contributed by atoms with Crippen molar-refractivity contribution in [3.8, 4) is 0 Å². The van der Waals surface area contributed by atoms with E-state index < -0.39 is 18.3 Å². The third-order valence-electron chi connectivity index (χ3n) is 3.89. The van der Waals surface area contributed by atoms with Crippen molar-refractivity contribution in [2.75, 3.05) is 13.2 Å². The lowest BCUT2D eigenvalue weighted by atomic mass is 9.88. The van der Waals surface area contributed by atoms with E-state index in [-0.39, 0.29) is 11.9 Å². The third kappa shape index (κ3) is 5.77. The molecule has 4 atom stereocenters. The van der Waals surface area contributed by atoms with Crippen LogP contribution < -0.4 is 0 Å². The van der Waals surface area contributed by atoms with E-state index in [1.165, 1.54) is 6.08 Å². The largest absolute Gasteiger partial charge is 0.463 e. The fourth-order valence-electron chi connectivity index (χ4n) is 2.42. The molecule has 0 aromatic heterocycles. The van der Waals surface area contributed by atoms with Crippen LogP contribution in [0.4, 0.5) is 0 Å². The summed E-state index contributed by atoms with van der Waals surface area (Å²) in [5, 5.41) is 20.1. The summed E-state index contributed by atoms with van der Waals surface area (Å²) in [5.74, 6) is -0.391. The van der Waals surface area contributed by atoms with Crippen LogP contribution >= 0.6 is 0 Å². The molecule has 1 aliphatic rings. The van der Waals surface area contributed by atoms with E-state index >= 15 is 0 Å². The second kappa shape index (κ2) is 9.18. The number of hydrogen-bond acceptors (Lipinski definition) is 5. The predicted molar refractivity (Wildman–Crippen MR) is 79.8 cm³/mol. The van der Waals surface area contributed by atoms with Crippen molar-refractivity contribution in [1.29, 1.82) is 0 Å². The summed E-state index contributed by atoms with van der Waals surface area (Å²) in [6.45, 7) is 6.66. The van der Waals surface area contributed by atoms with Gasteiger partial charge >= 0.3 is 5.97 Å². The number of rotatable bonds is 7. The summed E-state index contributed by atoms with van der Waals surface area (Å²) < 4.78 is 10.7. The van der Waals surface area contributed by atoms with Gasteiger partial charge in [0.2, 0.25) is 0 Å². The molecule has 5 nitrogen and oxygen atoms in total. The highest BCUT2D eigenvalue weighted by Crippen LogP contribution is 2.26. The van der Waals surface area contributed by atoms with Crippen LogP contribution in [0.1, 0.15) is 46.5 Å². The van der Waals surface area contributed by atoms with Crippen molar-refractivity contribution in [2.24, 2.45) is 5.92 Å². The first kappa shape index (κ1) is 18.1. The molecule has 5 heteroatoms. The average molecular weight is 300 g/mol. The van der Waals surface area contributed by atoms with E-state index in [4.69, 9.17) is 9.47 Å². The van der Waals surface area contributed by atoms with Gasteiger partial charge < -0.3 is 19.7 Å². The molecule has 2 N–H and O–H groups in total. The molecular weight excluding hydrogens is 272 g/mol. The fraction of sp³-hybridized carbons (Fsp3) is 0.812. The number of aliphatic hydroxyl groups is 2. The zero-order valence-electron chi connectivity index (χ0n) is 13.2. The highest BCUT2D eigenvalue weighted by Gasteiger charge is 2.37. The smallest absolute Gasteiger partial charge is 0.330 e. The lowest BCUT2D eigenvalue weighted by Gasteiger charge is -2.37. The molecular formula is C16H28O5. The van der Waals surface area contributed by atoms with Crippen LogP contribution in [-0.4, -0.2) is 47.7 Å². The Morgan fingerprint density at radius 3 is 2.67 bits per heavy atom. The zero-order valence-corrected chi connectivity index (χ0v) is 13.2. The van der Waals surface area contributed by atoms with E-state index in [0.717, 1.165) is 24.8 Å². The van der Waals surface area contributed by atoms with E-state index in [2.05, 4.69) is 0 Å². The van der Waals surface area contributed by atoms with E-state index in [1.807, 2.05) is 13.8 Å². The highest BCUT2D eigenvalue weighted by molar-refractivity contribution is 5.82. The minimum atomic E-state index is -0.914. The molecule has 0 aromatic rings. The molecule has 0 aliphatic carbocycles. The Bertz CT molecular complexity index is 353. The maximum absolute atomic E-state index is 11.6. The van der Waals surface area contributed by atoms with Crippen molar-refractivity contribution in [3.05, 3.63) is 11.6 Å². The molecule has 4 unspecified atom stereocenters. The SMILES string of the molecule is CCCCOC(=O)/C=C(\C)CC1OCC(CC)C(O)C1O. The van der Waals surface area contributed by atoms with Crippen LogP contribution in [0.2, 0.25) is 0 Å². The summed E-state index contributed by atoms with van der Waals surface area (Å²) in [6.07, 6.45) is 2.30. The van der Waals surface area contributed by atoms with Crippen LogP contribution in [0, 0.1) is 5.92 Å². The van der Waals surface area contributed by atoms with Gasteiger partial charge in [0.05, 0.1) is 25.4 Å². The molecule has 0 amide bonds. The first-order valence-electron chi connectivity index (χ1n) is 7.81. The first-order valence-corrected chi connectivity index (χ1v) is 7.81. The Hall–Kier alpha value is -0.910. The van der Waals surface area contributed by atoms with Gasteiger partial charge in [-0.2, -0.15) is 0 Å². The number of aliphatic hydroxyl groups excluding tert-OH is 2. The topological polar surface area (TPSA) is 76.0 Å². The number of hydrogen-bond donors (Lipinski definition) is 2. The fourth-order valence-corrected chi connectivity index (χ4v) is 2.42. The summed E-state index contributed by atoms with van der Waals surface area (Å²) in [5.41, 5.74) is 0.780. The molecule has 0 bridgehead atoms. The normalized spacial score (nSPS) is 30.2. The minimum absolute atomic E-state index is 0.0282. The van der Waals surface area contributed by atoms with Gasteiger partial charge in [0.1, 0.15) is 6.10 Å². The molecule has 122 valence electrons. The van der Waals surface area contributed by atoms with Crippen LogP contribution in [0.15, 0.2) is 11.6 Å². The molecule has 1 saturated heterocycles. The van der Waals surface area contributed by atoms with Gasteiger partial charge in [-0.15, -0.1) is 0 Å². The summed E-state index contributed by atoms with van der Waals surface area (Å²) in [7, 11) is 0. The second-order valence-corrected chi connectivity index (χ2v) is 5.74. The van der Waals surface area contributed by atoms with Gasteiger partial charge in [0, 0.05) is 12.0 Å². The Labute approximate surface area is 126 Å². The van der Waals surface area contributed by atoms with Gasteiger partial charge in [0.15, 0.2) is 0 Å². The summed E-state index contributed by atoms with van der Waals surface area (Å²) in [6, 6.07) is 0. The molecule has 1 aliphatic heterocycles. The van der Waals surface area contributed by atoms with Crippen LogP contribution in [0.25, 0.3) is 0 Å². The van der Waals surface area contributed by atoms with Crippen molar-refractivity contribution < 1.29 is 24.5 Å². The van der Waals surface area contributed by atoms with E-state index in [9.17, 15) is 15.0 Å². The Kier molecular flexibility index (Phi) is 7.93. The quantitative estimate of drug-likeness (QED) is 0.426. The maximum atomic E-state index is 11.6. The Morgan fingerprint density at radius 1 is 1.33 bits per heavy atom. The number of carbonyl (C=O) groups is 1. The van der Waals surface area contributed by atoms with Gasteiger partial charge in [-0.3, -0.25) is 0 Å². The lowest BCUT2D eigenvalue weighted by Crippen LogP contribution is -2.49. The van der Waals surface area contributed by atoms with Crippen LogP contribution in [0.3, 0.4) is 0 Å². The molecule has 21 heavy (non-hydrogen) atoms. The van der Waals surface area contributed by atoms with Crippen molar-refractivity contribution in [3.63, 3.8) is 0 Å². The molecule has 1 rings (SSSR count). The number of esters is 1. The van der Waals surface area contributed by atoms with Gasteiger partial charge in [0.25, 0.3) is 0 Å². The number of ether oxygens (including phenoxy) is 2. The van der Waals surface area contributed by atoms with Gasteiger partial charge in [-0.05, 0) is 26.2 Å². The monoisotopic (exact) mass is 300 g/mol. The maximum Gasteiger partial charge on any atom is 0.330 e. The molecule has 0 aromatic carbocycles. The summed E-state index contributed by atoms with van der Waals surface area (Å²) >= 11 is 0. The zero-order chi connectivity index (χ0) is 15.8. The number of unbranched alkanes of at least 4 members (excludes halogenated alkanes) is 1. The van der Waals surface area contributed by atoms with E-state index in [1.54, 1.807) is 6.92 Å². The van der Waals surface area contributed by atoms with Crippen LogP contribution in [0.5, 0.6) is 0 Å². The molecule has 0 radical (unpaired) electrons. The lowest BCUT2D eigenvalue weighted by molar-refractivity contribution is -0.163. The van der Waals surface area contributed by atoms with Crippen molar-refractivity contribution in [2.45, 2.75) is 64.8 Å². The molecule has 1 heterocycles. The highest BCUT2D eigenvalue weighted by atomic mass is 16.5. The first-order chi connectivity index (χ1) is 9.99. The molecule has 0 saturated carbocycles. The standard InChI is InChI=1S/C16H28O5/c1-4-6-7-20-14(17)9-11(3)8-13-16(19)15(18)12(5-2)10-21-13/h9,12-13,15-16,18-19H,4-8,10H2,1-3H3/b11-9+. The Balaban J connectivity index is 2.46. The minimum Gasteiger partial charge on any atom is -0.463 e. The van der Waals surface area contributed by atoms with Gasteiger partial charge in [-0.1, -0.05) is 25.8 Å². The van der Waals surface area contributed by atoms with Crippen LogP contribution in [-0.2, 0) is 14.3 Å². The average Bonchev–Trinajstić information content (AvgIpc) is 2.44. The molecule has 0 spiro atoms. The third-order valence-corrected chi connectivity index (χ3v) is 3.89. The van der Waals surface area contributed by atoms with Crippen molar-refractivity contribution in [1.82, 2.24) is 0 Å². The second-order valence-electron chi connectivity index (χ2n) is 5.74. The number of carbonyl (C=O) groups excluding carboxylic acids is 1. The van der Waals surface area contributed by atoms with Crippen molar-refractivity contribution >= 4 is 5.97 Å². The van der Waals surface area contributed by atoms with Gasteiger partial charge in [-0.25, -0.2) is 4.79 Å². The predicted octanol–water partition coefficient (Wildman–Crippen LogP) is 1.81. The van der Waals surface area contributed by atoms with E-state index in [0.29, 0.717) is 19.6 Å².